The highest BCUT2D eigenvalue weighted by molar-refractivity contribution is 7.14. The molecule has 0 N–H and O–H groups in total. The van der Waals surface area contributed by atoms with Crippen molar-refractivity contribution in [1.29, 1.82) is 21.0 Å². The molecule has 0 bridgehead atoms. The molecule has 4 aromatic carbocycles. The van der Waals surface area contributed by atoms with Crippen molar-refractivity contribution >= 4 is 70.7 Å². The van der Waals surface area contributed by atoms with Crippen LogP contribution in [0.3, 0.4) is 0 Å². The van der Waals surface area contributed by atoms with E-state index in [1.165, 1.54) is 74.1 Å². The minimum atomic E-state index is -1.02. The second-order valence-corrected chi connectivity index (χ2v) is 24.7. The highest BCUT2D eigenvalue weighted by Crippen LogP contribution is 2.49. The average Bonchev–Trinajstić information content (AvgIpc) is 1.61. The van der Waals surface area contributed by atoms with Crippen molar-refractivity contribution in [1.82, 2.24) is 0 Å². The van der Waals surface area contributed by atoms with Crippen LogP contribution in [0.15, 0.2) is 197 Å². The molecule has 2 atom stereocenters. The van der Waals surface area contributed by atoms with Crippen LogP contribution < -0.4 is 19.3 Å². The largest absolute Gasteiger partial charge is 0.500 e. The van der Waals surface area contributed by atoms with Crippen molar-refractivity contribution in [3.63, 3.8) is 0 Å². The minimum Gasteiger partial charge on any atom is -0.500 e. The lowest BCUT2D eigenvalue weighted by Gasteiger charge is -2.28. The maximum atomic E-state index is 10.8. The Morgan fingerprint density at radius 3 is 1.39 bits per heavy atom. The second kappa shape index (κ2) is 37.8. The zero-order valence-electron chi connectivity index (χ0n) is 55.8. The van der Waals surface area contributed by atoms with E-state index < -0.39 is 11.2 Å². The Morgan fingerprint density at radius 2 is 0.989 bits per heavy atom. The molecule has 0 saturated carbocycles. The van der Waals surface area contributed by atoms with Gasteiger partial charge in [0, 0.05) is 81.0 Å². The van der Waals surface area contributed by atoms with Gasteiger partial charge in [-0.3, -0.25) is 4.79 Å². The number of nitrogens with zero attached hydrogens (tertiary/aromatic N) is 8. The number of unbranched alkanes of at least 4 members (excludes halogenated alkanes) is 4. The first-order valence-electron chi connectivity index (χ1n) is 31.9. The van der Waals surface area contributed by atoms with Crippen molar-refractivity contribution < 1.29 is 23.7 Å². The van der Waals surface area contributed by atoms with Crippen LogP contribution in [0.2, 0.25) is 0 Å². The van der Waals surface area contributed by atoms with Crippen LogP contribution in [-0.2, 0) is 20.7 Å². The van der Waals surface area contributed by atoms with E-state index in [1.54, 1.807) is 44.6 Å². The van der Waals surface area contributed by atoms with Crippen LogP contribution in [0.25, 0.3) is 40.1 Å². The van der Waals surface area contributed by atoms with E-state index in [0.29, 0.717) is 11.1 Å². The zero-order valence-corrected chi connectivity index (χ0v) is 57.5. The third-order valence-electron chi connectivity index (χ3n) is 16.1. The first kappa shape index (κ1) is 73.4. The van der Waals surface area contributed by atoms with Crippen molar-refractivity contribution in [2.75, 3.05) is 50.2 Å². The molecule has 0 amide bonds. The zero-order chi connectivity index (χ0) is 68.6. The Bertz CT molecular complexity index is 4110. The number of benzene rings is 4. The Balaban J connectivity index is 0.000000251. The number of rotatable bonds is 27. The Hall–Kier alpha value is -10.7. The number of allylic oxidation sites excluding steroid dienone is 7. The summed E-state index contributed by atoms with van der Waals surface area (Å²) in [5.41, 5.74) is 5.70. The molecule has 4 heterocycles. The third-order valence-corrected chi connectivity index (χ3v) is 18.1. The molecule has 2 aromatic heterocycles. The molecular formula is C80H82N8O5S2. The third kappa shape index (κ3) is 19.5. The lowest BCUT2D eigenvalue weighted by atomic mass is 9.87. The van der Waals surface area contributed by atoms with Crippen LogP contribution in [0.4, 0.5) is 11.4 Å². The summed E-state index contributed by atoms with van der Waals surface area (Å²) in [7, 11) is 3.44. The van der Waals surface area contributed by atoms with E-state index in [9.17, 15) is 15.3 Å². The Morgan fingerprint density at radius 1 is 0.558 bits per heavy atom. The molecule has 2 unspecified atom stereocenters. The van der Waals surface area contributed by atoms with Gasteiger partial charge in [0.1, 0.15) is 41.1 Å². The fourth-order valence-electron chi connectivity index (χ4n) is 10.5. The van der Waals surface area contributed by atoms with Gasteiger partial charge in [-0.25, -0.2) is 15.0 Å². The van der Waals surface area contributed by atoms with E-state index in [4.69, 9.17) is 42.6 Å². The molecule has 6 aromatic rings. The summed E-state index contributed by atoms with van der Waals surface area (Å²) in [4.78, 5) is 26.6. The highest BCUT2D eigenvalue weighted by atomic mass is 32.1. The van der Waals surface area contributed by atoms with E-state index in [2.05, 4.69) is 108 Å². The van der Waals surface area contributed by atoms with Gasteiger partial charge in [-0.05, 0) is 130 Å². The number of carbonyl (C=O) groups is 1. The standard InChI is InChI=1S/C40H40N4O2S.C24H31NO2S.C16H11N3O/c1-7-9-26-44(27-10-8-2)32-21-20-30(37(28-32)45-6)16-14-15-19-33-22-23-34(47-33)24-25-35-38(43-5)39(36(29-41)42-4)46-40(35,3)31-17-12-11-13-18-31;1-4-6-16-25(17-7-5-2)21-13-12-20(24(18-21)27-3)10-8-9-11-22-14-15-23(19-26)28-22;1-11-14(10-19)15(12(8-17)9-18)20-16(11,2)13-6-4-3-5-7-13/h11-25,28H,7-10,26-27H2,1-3,6H3;8-15,18-19H,4-7,16-17H2,1-3H3;3-7H,1-2H3/b16-14+,19-15+,25-24+,39-36+;10-8+,11-9+;. The number of aldehydes is 1. The van der Waals surface area contributed by atoms with Crippen LogP contribution >= 0.6 is 22.7 Å². The molecule has 0 radical (unpaired) electrons. The number of nitriles is 4. The number of methoxy groups -OCH3 is 2. The summed E-state index contributed by atoms with van der Waals surface area (Å²) in [5.74, 6) is 1.85. The monoisotopic (exact) mass is 1300 g/mol. The predicted octanol–water partition coefficient (Wildman–Crippen LogP) is 20.5. The van der Waals surface area contributed by atoms with Gasteiger partial charge >= 0.3 is 0 Å². The Labute approximate surface area is 570 Å². The Kier molecular flexibility index (Phi) is 29.2. The van der Waals surface area contributed by atoms with Gasteiger partial charge in [0.05, 0.1) is 43.9 Å². The van der Waals surface area contributed by atoms with Gasteiger partial charge < -0.3 is 28.7 Å². The maximum absolute atomic E-state index is 10.8. The second-order valence-electron chi connectivity index (χ2n) is 22.4. The summed E-state index contributed by atoms with van der Waals surface area (Å²) < 4.78 is 23.5. The average molecular weight is 1300 g/mol. The molecule has 2 aliphatic rings. The molecule has 15 heteroatoms. The molecule has 0 fully saturated rings. The van der Waals surface area contributed by atoms with E-state index in [1.807, 2.05) is 147 Å². The van der Waals surface area contributed by atoms with Gasteiger partial charge in [-0.2, -0.15) is 15.8 Å². The van der Waals surface area contributed by atoms with Crippen molar-refractivity contribution in [3.8, 4) is 35.8 Å². The molecule has 13 nitrogen and oxygen atoms in total. The molecule has 8 rings (SSSR count). The van der Waals surface area contributed by atoms with Crippen molar-refractivity contribution in [3.05, 3.63) is 262 Å². The topological polar surface area (TPSA) is 164 Å². The summed E-state index contributed by atoms with van der Waals surface area (Å²) in [6.45, 7) is 34.0. The fourth-order valence-corrected chi connectivity index (χ4v) is 12.1. The summed E-state index contributed by atoms with van der Waals surface area (Å²) in [6.07, 6.45) is 30.4. The number of hydrogen-bond donors (Lipinski definition) is 0. The quantitative estimate of drug-likeness (QED) is 0.0209. The van der Waals surface area contributed by atoms with Gasteiger partial charge in [0.15, 0.2) is 23.2 Å². The number of hydrogen-bond acceptors (Lipinski definition) is 13. The molecule has 0 saturated heterocycles. The van der Waals surface area contributed by atoms with Gasteiger partial charge in [-0.15, -0.1) is 22.7 Å². The molecule has 0 aliphatic carbocycles. The first-order valence-corrected chi connectivity index (χ1v) is 33.5. The van der Waals surface area contributed by atoms with E-state index >= 15 is 0 Å². The van der Waals surface area contributed by atoms with Crippen LogP contribution in [0.1, 0.15) is 146 Å². The molecule has 2 aliphatic heterocycles. The lowest BCUT2D eigenvalue weighted by molar-refractivity contribution is 0.0728. The molecule has 484 valence electrons. The van der Waals surface area contributed by atoms with E-state index in [0.717, 1.165) is 85.7 Å². The maximum Gasteiger partial charge on any atom is 0.292 e. The fraction of sp³-hybridized carbons (Fsp3) is 0.287. The summed E-state index contributed by atoms with van der Waals surface area (Å²) in [6, 6.07) is 47.2. The highest BCUT2D eigenvalue weighted by Gasteiger charge is 2.44. The van der Waals surface area contributed by atoms with Crippen LogP contribution in [0.5, 0.6) is 11.5 Å². The minimum absolute atomic E-state index is 0.0293. The normalized spacial score (nSPS) is 16.2. The number of anilines is 2. The number of ether oxygens (including phenoxy) is 4. The van der Waals surface area contributed by atoms with Crippen LogP contribution in [0, 0.1) is 58.5 Å². The van der Waals surface area contributed by atoms with Crippen LogP contribution in [-0.4, -0.2) is 46.7 Å². The molecule has 95 heavy (non-hydrogen) atoms. The SMILES string of the molecule is CC1=C(C#N)C(=C(C#N)C#N)OC1(C)c1ccccc1.CCCCN(CCCC)c1ccc(/C=C/C=C/c2ccc(C=O)s2)c(OC)c1.[C-]#[N+]C1=C(/C=C/c2ccc(/C=C/C=C/c3ccc(N(CCCC)CCCC)cc3OC)s2)C(C)(c2ccccc2)O/C1=C(\C#N)[N+]#[C-]. The molecule has 0 spiro atoms. The first-order chi connectivity index (χ1) is 46.2. The van der Waals surface area contributed by atoms with E-state index in [-0.39, 0.29) is 34.1 Å². The van der Waals surface area contributed by atoms with Gasteiger partial charge in [-0.1, -0.05) is 157 Å². The molecular weight excluding hydrogens is 1220 g/mol. The lowest BCUT2D eigenvalue weighted by Crippen LogP contribution is -2.25. The van der Waals surface area contributed by atoms with Crippen molar-refractivity contribution in [2.45, 2.75) is 111 Å². The summed E-state index contributed by atoms with van der Waals surface area (Å²) in [5, 5.41) is 36.8. The summed E-state index contributed by atoms with van der Waals surface area (Å²) >= 11 is 3.10. The number of thiophene rings is 2. The van der Waals surface area contributed by atoms with Gasteiger partial charge in [0.2, 0.25) is 5.70 Å². The van der Waals surface area contributed by atoms with Gasteiger partial charge in [0.25, 0.3) is 5.70 Å². The smallest absolute Gasteiger partial charge is 0.292 e. The number of carbonyl (C=O) groups excluding carboxylic acids is 1. The van der Waals surface area contributed by atoms with Crippen molar-refractivity contribution in [2.24, 2.45) is 0 Å². The predicted molar refractivity (Wildman–Crippen MR) is 388 cm³/mol.